The van der Waals surface area contributed by atoms with Crippen molar-refractivity contribution in [1.29, 1.82) is 0 Å². The van der Waals surface area contributed by atoms with Gasteiger partial charge in [-0.25, -0.2) is 0 Å². The number of hydrogen-bond donors (Lipinski definition) is 1. The van der Waals surface area contributed by atoms with Crippen molar-refractivity contribution in [2.24, 2.45) is 5.73 Å². The number of hydrogen-bond acceptors (Lipinski definition) is 2. The zero-order valence-electron chi connectivity index (χ0n) is 8.37. The number of benzene rings is 1. The lowest BCUT2D eigenvalue weighted by Crippen LogP contribution is -2.08. The molecule has 2 rings (SSSR count). The molecule has 15 heavy (non-hydrogen) atoms. The molecule has 0 saturated heterocycles. The Kier molecular flexibility index (Phi) is 4.43. The van der Waals surface area contributed by atoms with Gasteiger partial charge in [0.2, 0.25) is 0 Å². The van der Waals surface area contributed by atoms with Crippen LogP contribution in [-0.2, 0) is 0 Å². The first kappa shape index (κ1) is 12.8. The van der Waals surface area contributed by atoms with E-state index in [4.69, 9.17) is 10.2 Å². The Morgan fingerprint density at radius 2 is 2.20 bits per heavy atom. The molecule has 1 aromatic heterocycles. The topological polar surface area (TPSA) is 39.2 Å². The van der Waals surface area contributed by atoms with Crippen LogP contribution in [0, 0.1) is 3.57 Å². The van der Waals surface area contributed by atoms with Gasteiger partial charge in [-0.1, -0.05) is 6.92 Å². The molecule has 82 valence electrons. The first-order chi connectivity index (χ1) is 6.72. The summed E-state index contributed by atoms with van der Waals surface area (Å²) in [6.07, 6.45) is 1.82. The lowest BCUT2D eigenvalue weighted by atomic mass is 10.0. The average molecular weight is 338 g/mol. The van der Waals surface area contributed by atoms with Crippen molar-refractivity contribution in [2.75, 3.05) is 6.54 Å². The van der Waals surface area contributed by atoms with Crippen molar-refractivity contribution < 1.29 is 4.42 Å². The van der Waals surface area contributed by atoms with E-state index in [1.165, 1.54) is 14.5 Å². The molecular formula is C11H13ClINO. The molecule has 2 aromatic rings. The van der Waals surface area contributed by atoms with Crippen molar-refractivity contribution in [3.05, 3.63) is 33.6 Å². The minimum Gasteiger partial charge on any atom is -0.464 e. The normalized spacial score (nSPS) is 12.5. The highest BCUT2D eigenvalue weighted by atomic mass is 127. The maximum Gasteiger partial charge on any atom is 0.135 e. The largest absolute Gasteiger partial charge is 0.464 e. The van der Waals surface area contributed by atoms with Crippen LogP contribution in [0.3, 0.4) is 0 Å². The third-order valence-electron chi connectivity index (χ3n) is 2.45. The molecule has 0 radical (unpaired) electrons. The SMILES string of the molecule is CC(CN)c1coc2cc(I)ccc12.Cl. The fraction of sp³-hybridized carbons (Fsp3) is 0.273. The summed E-state index contributed by atoms with van der Waals surface area (Å²) >= 11 is 2.28. The predicted octanol–water partition coefficient (Wildman–Crippen LogP) is 3.52. The summed E-state index contributed by atoms with van der Waals surface area (Å²) in [4.78, 5) is 0. The summed E-state index contributed by atoms with van der Waals surface area (Å²) in [5, 5.41) is 1.18. The number of halogens is 2. The van der Waals surface area contributed by atoms with Gasteiger partial charge in [0, 0.05) is 14.5 Å². The molecule has 0 bridgehead atoms. The minimum atomic E-state index is 0. The van der Waals surface area contributed by atoms with Gasteiger partial charge >= 0.3 is 0 Å². The highest BCUT2D eigenvalue weighted by molar-refractivity contribution is 14.1. The summed E-state index contributed by atoms with van der Waals surface area (Å²) in [5.74, 6) is 0.358. The number of nitrogens with two attached hydrogens (primary N) is 1. The van der Waals surface area contributed by atoms with Crippen molar-refractivity contribution in [3.8, 4) is 0 Å². The molecule has 1 unspecified atom stereocenters. The van der Waals surface area contributed by atoms with Gasteiger partial charge < -0.3 is 10.2 Å². The first-order valence-corrected chi connectivity index (χ1v) is 5.67. The average Bonchev–Trinajstić information content (AvgIpc) is 2.59. The summed E-state index contributed by atoms with van der Waals surface area (Å²) in [5.41, 5.74) is 7.80. The number of rotatable bonds is 2. The van der Waals surface area contributed by atoms with E-state index in [1.54, 1.807) is 0 Å². The van der Waals surface area contributed by atoms with Gasteiger partial charge in [0.05, 0.1) is 6.26 Å². The van der Waals surface area contributed by atoms with Gasteiger partial charge in [0.25, 0.3) is 0 Å². The molecule has 2 N–H and O–H groups in total. The first-order valence-electron chi connectivity index (χ1n) is 4.59. The third kappa shape index (κ3) is 2.46. The van der Waals surface area contributed by atoms with E-state index in [2.05, 4.69) is 41.6 Å². The van der Waals surface area contributed by atoms with E-state index in [0.29, 0.717) is 12.5 Å². The van der Waals surface area contributed by atoms with E-state index in [-0.39, 0.29) is 12.4 Å². The predicted molar refractivity (Wildman–Crippen MR) is 73.6 cm³/mol. The molecule has 1 heterocycles. The third-order valence-corrected chi connectivity index (χ3v) is 3.12. The maximum absolute atomic E-state index is 5.64. The van der Waals surface area contributed by atoms with Crippen LogP contribution in [0.1, 0.15) is 18.4 Å². The van der Waals surface area contributed by atoms with Gasteiger partial charge in [-0.15, -0.1) is 12.4 Å². The Hall–Kier alpha value is -0.260. The van der Waals surface area contributed by atoms with Gasteiger partial charge in [0.15, 0.2) is 0 Å². The van der Waals surface area contributed by atoms with Gasteiger partial charge in [-0.2, -0.15) is 0 Å². The highest BCUT2D eigenvalue weighted by Gasteiger charge is 2.11. The Morgan fingerprint density at radius 3 is 2.87 bits per heavy atom. The molecule has 0 amide bonds. The molecule has 0 fully saturated rings. The number of furan rings is 1. The summed E-state index contributed by atoms with van der Waals surface area (Å²) in [6.45, 7) is 2.77. The van der Waals surface area contributed by atoms with E-state index in [1.807, 2.05) is 12.3 Å². The van der Waals surface area contributed by atoms with Crippen LogP contribution >= 0.6 is 35.0 Å². The Bertz CT molecular complexity index is 455. The second kappa shape index (κ2) is 5.18. The lowest BCUT2D eigenvalue weighted by molar-refractivity contribution is 0.603. The quantitative estimate of drug-likeness (QED) is 0.852. The van der Waals surface area contributed by atoms with Crippen LogP contribution in [0.2, 0.25) is 0 Å². The molecule has 4 heteroatoms. The van der Waals surface area contributed by atoms with E-state index < -0.39 is 0 Å². The molecule has 1 atom stereocenters. The monoisotopic (exact) mass is 337 g/mol. The van der Waals surface area contributed by atoms with Crippen LogP contribution in [0.15, 0.2) is 28.9 Å². The summed E-state index contributed by atoms with van der Waals surface area (Å²) < 4.78 is 6.68. The van der Waals surface area contributed by atoms with Gasteiger partial charge in [-0.05, 0) is 53.3 Å². The second-order valence-corrected chi connectivity index (χ2v) is 4.71. The fourth-order valence-corrected chi connectivity index (χ4v) is 1.99. The fourth-order valence-electron chi connectivity index (χ4n) is 1.53. The maximum atomic E-state index is 5.64. The van der Waals surface area contributed by atoms with Gasteiger partial charge in [-0.3, -0.25) is 0 Å². The van der Waals surface area contributed by atoms with Crippen LogP contribution < -0.4 is 5.73 Å². The molecular weight excluding hydrogens is 324 g/mol. The van der Waals surface area contributed by atoms with E-state index in [0.717, 1.165) is 5.58 Å². The number of fused-ring (bicyclic) bond motifs is 1. The zero-order chi connectivity index (χ0) is 10.1. The zero-order valence-corrected chi connectivity index (χ0v) is 11.3. The van der Waals surface area contributed by atoms with E-state index >= 15 is 0 Å². The molecule has 0 aliphatic rings. The standard InChI is InChI=1S/C11H12INO.ClH/c1-7(5-13)10-6-14-11-4-8(12)2-3-9(10)11;/h2-4,6-7H,5,13H2,1H3;1H. The van der Waals surface area contributed by atoms with Crippen molar-refractivity contribution >= 4 is 46.0 Å². The molecule has 0 aliphatic carbocycles. The van der Waals surface area contributed by atoms with Crippen LogP contribution in [0.25, 0.3) is 11.0 Å². The highest BCUT2D eigenvalue weighted by Crippen LogP contribution is 2.28. The van der Waals surface area contributed by atoms with E-state index in [9.17, 15) is 0 Å². The Labute approximate surface area is 109 Å². The molecule has 0 aliphatic heterocycles. The second-order valence-electron chi connectivity index (χ2n) is 3.47. The summed E-state index contributed by atoms with van der Waals surface area (Å²) in [7, 11) is 0. The Morgan fingerprint density at radius 1 is 1.47 bits per heavy atom. The van der Waals surface area contributed by atoms with Crippen LogP contribution in [0.4, 0.5) is 0 Å². The molecule has 0 saturated carbocycles. The van der Waals surface area contributed by atoms with Crippen LogP contribution in [0.5, 0.6) is 0 Å². The lowest BCUT2D eigenvalue weighted by Gasteiger charge is -2.04. The van der Waals surface area contributed by atoms with Gasteiger partial charge in [0.1, 0.15) is 5.58 Å². The summed E-state index contributed by atoms with van der Waals surface area (Å²) in [6, 6.07) is 6.23. The minimum absolute atomic E-state index is 0. The van der Waals surface area contributed by atoms with Crippen molar-refractivity contribution in [3.63, 3.8) is 0 Å². The van der Waals surface area contributed by atoms with Crippen molar-refractivity contribution in [1.82, 2.24) is 0 Å². The molecule has 0 spiro atoms. The Balaban J connectivity index is 0.00000112. The molecule has 1 aromatic carbocycles. The van der Waals surface area contributed by atoms with Crippen LogP contribution in [-0.4, -0.2) is 6.54 Å². The molecule has 2 nitrogen and oxygen atoms in total. The van der Waals surface area contributed by atoms with Crippen molar-refractivity contribution in [2.45, 2.75) is 12.8 Å². The smallest absolute Gasteiger partial charge is 0.135 e.